The number of benzene rings is 2. The van der Waals surface area contributed by atoms with Gasteiger partial charge in [-0.3, -0.25) is 14.4 Å². The van der Waals surface area contributed by atoms with Gasteiger partial charge in [0.1, 0.15) is 12.4 Å². The summed E-state index contributed by atoms with van der Waals surface area (Å²) < 4.78 is 20.8. The molecule has 0 unspecified atom stereocenters. The lowest BCUT2D eigenvalue weighted by molar-refractivity contribution is -0.143. The molecule has 0 atom stereocenters. The van der Waals surface area contributed by atoms with Gasteiger partial charge in [0.05, 0.1) is 28.3 Å². The predicted molar refractivity (Wildman–Crippen MR) is 140 cm³/mol. The first kappa shape index (κ1) is 25.9. The molecule has 1 aliphatic rings. The number of thiazole rings is 1. The van der Waals surface area contributed by atoms with Gasteiger partial charge in [0.15, 0.2) is 4.80 Å². The maximum absolute atomic E-state index is 13.7. The van der Waals surface area contributed by atoms with Crippen molar-refractivity contribution in [3.63, 3.8) is 0 Å². The molecule has 1 saturated heterocycles. The summed E-state index contributed by atoms with van der Waals surface area (Å²) in [6.07, 6.45) is 0. The lowest BCUT2D eigenvalue weighted by Crippen LogP contribution is -2.49. The second-order valence-corrected chi connectivity index (χ2v) is 10.1. The summed E-state index contributed by atoms with van der Waals surface area (Å²) >= 11 is 2.34. The minimum atomic E-state index is -0.470. The van der Waals surface area contributed by atoms with E-state index in [1.54, 1.807) is 17.6 Å². The van der Waals surface area contributed by atoms with Gasteiger partial charge in [-0.05, 0) is 37.3 Å². The van der Waals surface area contributed by atoms with E-state index in [-0.39, 0.29) is 35.4 Å². The quantitative estimate of drug-likeness (QED) is 0.417. The van der Waals surface area contributed by atoms with Crippen molar-refractivity contribution in [2.45, 2.75) is 13.5 Å². The van der Waals surface area contributed by atoms with E-state index in [9.17, 15) is 18.8 Å². The summed E-state index contributed by atoms with van der Waals surface area (Å²) in [7, 11) is 0. The molecule has 4 rings (SSSR count). The number of aromatic nitrogens is 1. The molecule has 36 heavy (non-hydrogen) atoms. The first-order valence-electron chi connectivity index (χ1n) is 11.6. The van der Waals surface area contributed by atoms with Crippen molar-refractivity contribution in [1.29, 1.82) is 0 Å². The summed E-state index contributed by atoms with van der Waals surface area (Å²) in [6, 6.07) is 14.3. The lowest BCUT2D eigenvalue weighted by Gasteiger charge is -2.36. The van der Waals surface area contributed by atoms with Crippen LogP contribution in [0.25, 0.3) is 10.2 Å². The Hall–Kier alpha value is -3.18. The SMILES string of the molecule is CCOC(=O)Cn1c(=NC(=O)CSCC(=O)N2CCN(c3ccccc3)CC2)sc2cc(F)ccc21. The van der Waals surface area contributed by atoms with Crippen LogP contribution in [0.5, 0.6) is 0 Å². The second kappa shape index (κ2) is 12.2. The number of nitrogens with zero attached hydrogens (tertiary/aromatic N) is 4. The number of carbonyl (C=O) groups is 3. The van der Waals surface area contributed by atoms with Gasteiger partial charge in [-0.2, -0.15) is 4.99 Å². The van der Waals surface area contributed by atoms with Crippen LogP contribution in [-0.2, 0) is 25.7 Å². The number of hydrogen-bond donors (Lipinski definition) is 0. The molecule has 0 spiro atoms. The fraction of sp³-hybridized carbons (Fsp3) is 0.360. The number of hydrogen-bond acceptors (Lipinski definition) is 7. The predicted octanol–water partition coefficient (Wildman–Crippen LogP) is 2.91. The lowest BCUT2D eigenvalue weighted by atomic mass is 10.2. The molecule has 0 N–H and O–H groups in total. The van der Waals surface area contributed by atoms with Crippen LogP contribution < -0.4 is 9.70 Å². The van der Waals surface area contributed by atoms with Crippen LogP contribution in [0.1, 0.15) is 6.92 Å². The van der Waals surface area contributed by atoms with Crippen molar-refractivity contribution in [2.24, 2.45) is 4.99 Å². The van der Waals surface area contributed by atoms with E-state index in [0.717, 1.165) is 30.1 Å². The summed E-state index contributed by atoms with van der Waals surface area (Å²) in [5.41, 5.74) is 1.74. The number of rotatable bonds is 8. The van der Waals surface area contributed by atoms with Gasteiger partial charge in [0, 0.05) is 31.9 Å². The van der Waals surface area contributed by atoms with Crippen LogP contribution in [-0.4, -0.2) is 71.5 Å². The standard InChI is InChI=1S/C25H27FN4O4S2/c1-2-34-24(33)15-30-20-9-8-18(26)14-21(20)36-25(30)27-22(31)16-35-17-23(32)29-12-10-28(11-13-29)19-6-4-3-5-7-19/h3-9,14H,2,10-13,15-17H2,1H3. The summed E-state index contributed by atoms with van der Waals surface area (Å²) in [5, 5.41) is 0. The molecule has 0 radical (unpaired) electrons. The number of halogens is 1. The third-order valence-corrected chi connectivity index (χ3v) is 7.61. The fourth-order valence-electron chi connectivity index (χ4n) is 3.93. The Morgan fingerprint density at radius 1 is 1.06 bits per heavy atom. The van der Waals surface area contributed by atoms with E-state index in [4.69, 9.17) is 4.74 Å². The molecule has 1 fully saturated rings. The zero-order valence-corrected chi connectivity index (χ0v) is 21.5. The van der Waals surface area contributed by atoms with Gasteiger partial charge in [-0.25, -0.2) is 4.39 Å². The van der Waals surface area contributed by atoms with Crippen LogP contribution in [0.15, 0.2) is 53.5 Å². The first-order valence-corrected chi connectivity index (χ1v) is 13.6. The first-order chi connectivity index (χ1) is 17.4. The molecule has 0 bridgehead atoms. The highest BCUT2D eigenvalue weighted by Crippen LogP contribution is 2.19. The van der Waals surface area contributed by atoms with Gasteiger partial charge in [-0.15, -0.1) is 11.8 Å². The third-order valence-electron chi connectivity index (χ3n) is 5.66. The number of amides is 2. The van der Waals surface area contributed by atoms with Crippen molar-refractivity contribution in [3.05, 3.63) is 59.1 Å². The Bertz CT molecular complexity index is 1300. The van der Waals surface area contributed by atoms with Gasteiger partial charge in [-0.1, -0.05) is 29.5 Å². The van der Waals surface area contributed by atoms with Crippen LogP contribution in [0.3, 0.4) is 0 Å². The van der Waals surface area contributed by atoms with Crippen LogP contribution in [0.2, 0.25) is 0 Å². The molecule has 1 aromatic heterocycles. The molecule has 190 valence electrons. The molecule has 3 aromatic rings. The Labute approximate surface area is 216 Å². The number of anilines is 1. The van der Waals surface area contributed by atoms with E-state index in [1.165, 1.54) is 23.9 Å². The molecule has 1 aliphatic heterocycles. The van der Waals surface area contributed by atoms with E-state index >= 15 is 0 Å². The minimum absolute atomic E-state index is 0.00442. The highest BCUT2D eigenvalue weighted by molar-refractivity contribution is 8.00. The number of piperazine rings is 1. The molecule has 0 aliphatic carbocycles. The van der Waals surface area contributed by atoms with Gasteiger partial charge >= 0.3 is 5.97 Å². The second-order valence-electron chi connectivity index (χ2n) is 8.09. The third kappa shape index (κ3) is 6.52. The normalized spacial score (nSPS) is 14.3. The zero-order chi connectivity index (χ0) is 25.5. The Balaban J connectivity index is 1.34. The van der Waals surface area contributed by atoms with Gasteiger partial charge in [0.2, 0.25) is 5.91 Å². The smallest absolute Gasteiger partial charge is 0.326 e. The van der Waals surface area contributed by atoms with Crippen molar-refractivity contribution in [1.82, 2.24) is 9.47 Å². The number of thioether (sulfide) groups is 1. The fourth-order valence-corrected chi connectivity index (χ4v) is 5.70. The molecular formula is C25H27FN4O4S2. The summed E-state index contributed by atoms with van der Waals surface area (Å²) in [4.78, 5) is 45.8. The number of fused-ring (bicyclic) bond motifs is 1. The molecule has 8 nitrogen and oxygen atoms in total. The Morgan fingerprint density at radius 3 is 2.53 bits per heavy atom. The Kier molecular flexibility index (Phi) is 8.76. The number of carbonyl (C=O) groups excluding carboxylic acids is 3. The maximum Gasteiger partial charge on any atom is 0.326 e. The summed E-state index contributed by atoms with van der Waals surface area (Å²) in [6.45, 7) is 4.61. The highest BCUT2D eigenvalue weighted by atomic mass is 32.2. The van der Waals surface area contributed by atoms with Gasteiger partial charge in [0.25, 0.3) is 5.91 Å². The van der Waals surface area contributed by atoms with Crippen molar-refractivity contribution < 1.29 is 23.5 Å². The molecular weight excluding hydrogens is 503 g/mol. The highest BCUT2D eigenvalue weighted by Gasteiger charge is 2.21. The largest absolute Gasteiger partial charge is 0.465 e. The summed E-state index contributed by atoms with van der Waals surface area (Å²) in [5.74, 6) is -1.10. The van der Waals surface area contributed by atoms with E-state index in [0.29, 0.717) is 23.3 Å². The number of esters is 1. The van der Waals surface area contributed by atoms with E-state index in [1.807, 2.05) is 23.1 Å². The number of para-hydroxylation sites is 1. The maximum atomic E-state index is 13.7. The number of ether oxygens (including phenoxy) is 1. The average Bonchev–Trinajstić information content (AvgIpc) is 3.20. The van der Waals surface area contributed by atoms with Crippen molar-refractivity contribution >= 4 is 56.8 Å². The topological polar surface area (TPSA) is 84.2 Å². The average molecular weight is 531 g/mol. The van der Waals surface area contributed by atoms with Crippen LogP contribution >= 0.6 is 23.1 Å². The van der Waals surface area contributed by atoms with Crippen molar-refractivity contribution in [3.8, 4) is 0 Å². The monoisotopic (exact) mass is 530 g/mol. The molecule has 2 aromatic carbocycles. The Morgan fingerprint density at radius 2 is 1.81 bits per heavy atom. The van der Waals surface area contributed by atoms with E-state index < -0.39 is 17.7 Å². The zero-order valence-electron chi connectivity index (χ0n) is 19.9. The molecule has 11 heteroatoms. The minimum Gasteiger partial charge on any atom is -0.465 e. The molecule has 0 saturated carbocycles. The van der Waals surface area contributed by atoms with E-state index in [2.05, 4.69) is 22.0 Å². The van der Waals surface area contributed by atoms with Crippen LogP contribution in [0.4, 0.5) is 10.1 Å². The van der Waals surface area contributed by atoms with Crippen molar-refractivity contribution in [2.75, 3.05) is 49.2 Å². The molecule has 2 heterocycles. The van der Waals surface area contributed by atoms with Crippen LogP contribution in [0, 0.1) is 5.82 Å². The van der Waals surface area contributed by atoms with Gasteiger partial charge < -0.3 is 19.1 Å². The molecule has 2 amide bonds.